The zero-order chi connectivity index (χ0) is 22.4. The van der Waals surface area contributed by atoms with Gasteiger partial charge in [-0.25, -0.2) is 9.59 Å². The zero-order valence-corrected chi connectivity index (χ0v) is 16.4. The third-order valence-electron chi connectivity index (χ3n) is 5.34. The van der Waals surface area contributed by atoms with Crippen molar-refractivity contribution in [3.05, 3.63) is 104 Å². The number of rotatable bonds is 4. The summed E-state index contributed by atoms with van der Waals surface area (Å²) in [5, 5.41) is 31.9. The first-order valence-electron chi connectivity index (χ1n) is 9.68. The van der Waals surface area contributed by atoms with Crippen molar-refractivity contribution in [1.29, 1.82) is 0 Å². The number of benzene rings is 2. The van der Waals surface area contributed by atoms with Crippen LogP contribution >= 0.6 is 0 Å². The average Bonchev–Trinajstić information content (AvgIpc) is 3.27. The van der Waals surface area contributed by atoms with Gasteiger partial charge in [0.15, 0.2) is 0 Å². The maximum Gasteiger partial charge on any atom is 0.344 e. The van der Waals surface area contributed by atoms with Crippen molar-refractivity contribution >= 4 is 21.9 Å². The molecule has 0 radical (unpaired) electrons. The highest BCUT2D eigenvalue weighted by Gasteiger charge is 2.34. The molecule has 160 valence electrons. The predicted molar refractivity (Wildman–Crippen MR) is 114 cm³/mol. The first-order valence-corrected chi connectivity index (χ1v) is 9.68. The average molecular weight is 432 g/mol. The molecule has 0 atom stereocenters. The van der Waals surface area contributed by atoms with Crippen molar-refractivity contribution < 1.29 is 28.6 Å². The normalized spacial score (nSPS) is 11.6. The number of para-hydroxylation sites is 2. The molecule has 0 fully saturated rings. The molecule has 0 saturated heterocycles. The van der Waals surface area contributed by atoms with Crippen molar-refractivity contribution in [3.8, 4) is 11.5 Å². The van der Waals surface area contributed by atoms with Crippen molar-refractivity contribution in [2.24, 2.45) is 0 Å². The minimum atomic E-state index is -1.36. The summed E-state index contributed by atoms with van der Waals surface area (Å²) in [5.41, 5.74) is -2.13. The quantitative estimate of drug-likeness (QED) is 0.367. The van der Waals surface area contributed by atoms with Gasteiger partial charge in [0.2, 0.25) is 0 Å². The molecule has 0 aliphatic carbocycles. The largest absolute Gasteiger partial charge is 0.507 e. The molecule has 0 amide bonds. The molecule has 8 heteroatoms. The van der Waals surface area contributed by atoms with Gasteiger partial charge in [-0.1, -0.05) is 24.3 Å². The Morgan fingerprint density at radius 3 is 1.66 bits per heavy atom. The van der Waals surface area contributed by atoms with Crippen LogP contribution in [-0.2, 0) is 6.61 Å². The Hall–Kier alpha value is -4.30. The van der Waals surface area contributed by atoms with E-state index < -0.39 is 35.3 Å². The van der Waals surface area contributed by atoms with Crippen LogP contribution in [0.2, 0.25) is 0 Å². The van der Waals surface area contributed by atoms with Gasteiger partial charge in [0.1, 0.15) is 40.8 Å². The Balaban J connectivity index is 1.89. The molecular weight excluding hydrogens is 416 g/mol. The predicted octanol–water partition coefficient (Wildman–Crippen LogP) is 3.58. The van der Waals surface area contributed by atoms with Crippen molar-refractivity contribution in [3.63, 3.8) is 0 Å². The van der Waals surface area contributed by atoms with Crippen LogP contribution < -0.4 is 11.3 Å². The first kappa shape index (κ1) is 19.7. The molecular formula is C24H16O8. The molecule has 3 N–H and O–H groups in total. The van der Waals surface area contributed by atoms with Gasteiger partial charge in [-0.2, -0.15) is 0 Å². The Kier molecular flexibility index (Phi) is 4.57. The molecule has 0 saturated carbocycles. The first-order chi connectivity index (χ1) is 15.5. The second-order valence-electron chi connectivity index (χ2n) is 7.19. The van der Waals surface area contributed by atoms with E-state index >= 15 is 0 Å². The van der Waals surface area contributed by atoms with Crippen LogP contribution in [0.1, 0.15) is 28.6 Å². The third kappa shape index (κ3) is 2.97. The molecule has 0 bridgehead atoms. The van der Waals surface area contributed by atoms with E-state index in [2.05, 4.69) is 0 Å². The van der Waals surface area contributed by atoms with Crippen LogP contribution in [-0.4, -0.2) is 15.3 Å². The number of hydrogen-bond acceptors (Lipinski definition) is 8. The lowest BCUT2D eigenvalue weighted by Crippen LogP contribution is -2.21. The lowest BCUT2D eigenvalue weighted by molar-refractivity contribution is 0.242. The van der Waals surface area contributed by atoms with Gasteiger partial charge in [0, 0.05) is 0 Å². The maximum atomic E-state index is 13.0. The van der Waals surface area contributed by atoms with Crippen molar-refractivity contribution in [1.82, 2.24) is 0 Å². The van der Waals surface area contributed by atoms with Gasteiger partial charge < -0.3 is 28.6 Å². The topological polar surface area (TPSA) is 134 Å². The monoisotopic (exact) mass is 432 g/mol. The summed E-state index contributed by atoms with van der Waals surface area (Å²) in [6.07, 6.45) is 0. The fourth-order valence-electron chi connectivity index (χ4n) is 3.87. The highest BCUT2D eigenvalue weighted by Crippen LogP contribution is 2.42. The van der Waals surface area contributed by atoms with Crippen molar-refractivity contribution in [2.45, 2.75) is 12.5 Å². The van der Waals surface area contributed by atoms with E-state index in [9.17, 15) is 24.9 Å². The minimum absolute atomic E-state index is 0.0322. The second-order valence-corrected chi connectivity index (χ2v) is 7.19. The van der Waals surface area contributed by atoms with Crippen LogP contribution in [0, 0.1) is 0 Å². The molecule has 5 rings (SSSR count). The minimum Gasteiger partial charge on any atom is -0.507 e. The number of hydrogen-bond donors (Lipinski definition) is 3. The SMILES string of the molecule is O=c1oc2ccccc2c(O)c1C(c1ccc(CO)o1)c1c(O)c2ccccc2oc1=O. The van der Waals surface area contributed by atoms with Crippen LogP contribution in [0.25, 0.3) is 21.9 Å². The molecule has 0 spiro atoms. The fourth-order valence-corrected chi connectivity index (χ4v) is 3.87. The van der Waals surface area contributed by atoms with Crippen LogP contribution in [0.3, 0.4) is 0 Å². The lowest BCUT2D eigenvalue weighted by Gasteiger charge is -2.17. The summed E-state index contributed by atoms with van der Waals surface area (Å²) in [7, 11) is 0. The maximum absolute atomic E-state index is 13.0. The van der Waals surface area contributed by atoms with Crippen LogP contribution in [0.15, 0.2) is 83.5 Å². The van der Waals surface area contributed by atoms with E-state index in [4.69, 9.17) is 13.3 Å². The van der Waals surface area contributed by atoms with Gasteiger partial charge in [0.25, 0.3) is 0 Å². The van der Waals surface area contributed by atoms with E-state index in [1.807, 2.05) is 0 Å². The zero-order valence-electron chi connectivity index (χ0n) is 16.4. The van der Waals surface area contributed by atoms with Gasteiger partial charge in [-0.15, -0.1) is 0 Å². The Labute approximate surface area is 179 Å². The van der Waals surface area contributed by atoms with Gasteiger partial charge in [-0.05, 0) is 36.4 Å². The van der Waals surface area contributed by atoms with E-state index in [0.717, 1.165) is 0 Å². The highest BCUT2D eigenvalue weighted by molar-refractivity contribution is 5.86. The molecule has 3 aromatic heterocycles. The Morgan fingerprint density at radius 1 is 0.688 bits per heavy atom. The van der Waals surface area contributed by atoms with E-state index in [-0.39, 0.29) is 44.6 Å². The Morgan fingerprint density at radius 2 is 1.19 bits per heavy atom. The number of aliphatic hydroxyl groups is 1. The number of furan rings is 1. The fraction of sp³-hybridized carbons (Fsp3) is 0.0833. The van der Waals surface area contributed by atoms with Crippen molar-refractivity contribution in [2.75, 3.05) is 0 Å². The molecule has 2 aromatic carbocycles. The standard InChI is InChI=1S/C24H16O8/c25-11-12-9-10-17(30-12)18(19-21(26)13-5-1-3-7-15(13)31-23(19)28)20-22(27)14-6-2-4-8-16(14)32-24(20)29/h1-10,18,25-27H,11H2. The highest BCUT2D eigenvalue weighted by atomic mass is 16.4. The molecule has 0 aliphatic rings. The smallest absolute Gasteiger partial charge is 0.344 e. The van der Waals surface area contributed by atoms with Crippen LogP contribution in [0.4, 0.5) is 0 Å². The molecule has 5 aromatic rings. The number of aromatic hydroxyl groups is 2. The third-order valence-corrected chi connectivity index (χ3v) is 5.34. The molecule has 3 heterocycles. The summed E-state index contributed by atoms with van der Waals surface area (Å²) in [6, 6.07) is 15.6. The summed E-state index contributed by atoms with van der Waals surface area (Å²) in [5.74, 6) is -2.01. The summed E-state index contributed by atoms with van der Waals surface area (Å²) in [6.45, 7) is -0.427. The number of fused-ring (bicyclic) bond motifs is 2. The molecule has 32 heavy (non-hydrogen) atoms. The lowest BCUT2D eigenvalue weighted by atomic mass is 9.88. The Bertz CT molecular complexity index is 1490. The van der Waals surface area contributed by atoms with Gasteiger partial charge in [-0.3, -0.25) is 0 Å². The molecule has 0 aliphatic heterocycles. The van der Waals surface area contributed by atoms with Crippen LogP contribution in [0.5, 0.6) is 11.5 Å². The molecule has 0 unspecified atom stereocenters. The van der Waals surface area contributed by atoms with E-state index in [1.165, 1.54) is 24.3 Å². The van der Waals surface area contributed by atoms with Gasteiger partial charge >= 0.3 is 11.3 Å². The number of aliphatic hydroxyl groups excluding tert-OH is 1. The molecule has 8 nitrogen and oxygen atoms in total. The summed E-state index contributed by atoms with van der Waals surface area (Å²) < 4.78 is 16.4. The van der Waals surface area contributed by atoms with Gasteiger partial charge in [0.05, 0.1) is 27.8 Å². The van der Waals surface area contributed by atoms with E-state index in [1.54, 1.807) is 36.4 Å². The summed E-state index contributed by atoms with van der Waals surface area (Å²) in [4.78, 5) is 25.9. The summed E-state index contributed by atoms with van der Waals surface area (Å²) >= 11 is 0. The second kappa shape index (κ2) is 7.44. The van der Waals surface area contributed by atoms with E-state index in [0.29, 0.717) is 0 Å².